The smallest absolute Gasteiger partial charge is 0.267 e. The lowest BCUT2D eigenvalue weighted by Crippen LogP contribution is -2.36. The van der Waals surface area contributed by atoms with Crippen molar-refractivity contribution in [2.75, 3.05) is 0 Å². The van der Waals surface area contributed by atoms with Crippen LogP contribution < -0.4 is 0 Å². The first-order valence-electron chi connectivity index (χ1n) is 11.4. The number of rotatable bonds is 4. The first-order valence-corrected chi connectivity index (χ1v) is 14.4. The molecule has 3 atom stereocenters. The van der Waals surface area contributed by atoms with Crippen molar-refractivity contribution < 1.29 is 13.0 Å². The molecule has 0 spiro atoms. The van der Waals surface area contributed by atoms with Crippen LogP contribution in [0, 0.1) is 11.3 Å². The zero-order valence-electron chi connectivity index (χ0n) is 17.7. The Morgan fingerprint density at radius 1 is 0.741 bits per heavy atom. The Labute approximate surface area is 169 Å². The van der Waals surface area contributed by atoms with Crippen LogP contribution in [0.2, 0.25) is 0 Å². The summed E-state index contributed by atoms with van der Waals surface area (Å²) < 4.78 is 33.3. The molecule has 0 aromatic heterocycles. The second kappa shape index (κ2) is 9.00. The monoisotopic (exact) mass is 416 g/mol. The quantitative estimate of drug-likeness (QED) is 0.415. The highest BCUT2D eigenvalue weighted by atomic mass is 32.2. The van der Waals surface area contributed by atoms with Crippen LogP contribution in [-0.2, 0) is 10.1 Å². The largest absolute Gasteiger partial charge is 0.285 e. The molecule has 0 amide bonds. The van der Waals surface area contributed by atoms with Gasteiger partial charge in [-0.05, 0) is 86.1 Å². The number of hydrogen-bond donors (Lipinski definition) is 1. The summed E-state index contributed by atoms with van der Waals surface area (Å²) in [7, 11) is -3.99. The Hall–Kier alpha value is 0.340. The molecule has 3 aliphatic rings. The van der Waals surface area contributed by atoms with Gasteiger partial charge in [0, 0.05) is 0 Å². The Bertz CT molecular complexity index is 569. The lowest BCUT2D eigenvalue weighted by molar-refractivity contribution is 0.181. The summed E-state index contributed by atoms with van der Waals surface area (Å²) in [6.07, 6.45) is 15.9. The van der Waals surface area contributed by atoms with Crippen molar-refractivity contribution in [3.63, 3.8) is 0 Å². The van der Waals surface area contributed by atoms with Gasteiger partial charge in [0.15, 0.2) is 0 Å². The van der Waals surface area contributed by atoms with Crippen molar-refractivity contribution in [3.8, 4) is 0 Å². The van der Waals surface area contributed by atoms with Crippen molar-refractivity contribution in [1.29, 1.82) is 0 Å². The van der Waals surface area contributed by atoms with Crippen LogP contribution in [0.15, 0.2) is 0 Å². The predicted octanol–water partition coefficient (Wildman–Crippen LogP) is 6.60. The molecular formula is C22H41O3PS. The van der Waals surface area contributed by atoms with Gasteiger partial charge >= 0.3 is 0 Å². The normalized spacial score (nSPS) is 35.7. The van der Waals surface area contributed by atoms with Gasteiger partial charge in [0.1, 0.15) is 0 Å². The molecule has 0 aliphatic heterocycles. The molecule has 3 rings (SSSR count). The van der Waals surface area contributed by atoms with Gasteiger partial charge in [-0.25, -0.2) is 0 Å². The second-order valence-electron chi connectivity index (χ2n) is 10.6. The molecule has 3 unspecified atom stereocenters. The SMILES string of the molecule is CC(C)(C)C1CCC(P(C2CCCCC2)C2CCCC(S(=O)(=O)O)C2)CC1. The molecule has 0 heterocycles. The molecule has 0 saturated heterocycles. The van der Waals surface area contributed by atoms with E-state index in [-0.39, 0.29) is 7.92 Å². The van der Waals surface area contributed by atoms with Gasteiger partial charge in [-0.3, -0.25) is 4.55 Å². The summed E-state index contributed by atoms with van der Waals surface area (Å²) in [6.45, 7) is 7.17. The number of hydrogen-bond acceptors (Lipinski definition) is 2. The molecule has 1 N–H and O–H groups in total. The average molecular weight is 417 g/mol. The molecule has 158 valence electrons. The molecule has 0 aromatic carbocycles. The van der Waals surface area contributed by atoms with E-state index in [4.69, 9.17) is 0 Å². The summed E-state index contributed by atoms with van der Waals surface area (Å²) in [6, 6.07) is 0. The zero-order chi connectivity index (χ0) is 19.7. The zero-order valence-corrected chi connectivity index (χ0v) is 19.4. The van der Waals surface area contributed by atoms with Crippen molar-refractivity contribution in [1.82, 2.24) is 0 Å². The van der Waals surface area contributed by atoms with Crippen molar-refractivity contribution in [2.45, 2.75) is 126 Å². The van der Waals surface area contributed by atoms with Crippen LogP contribution in [0.25, 0.3) is 0 Å². The van der Waals surface area contributed by atoms with Crippen LogP contribution in [0.5, 0.6) is 0 Å². The highest BCUT2D eigenvalue weighted by Crippen LogP contribution is 2.62. The van der Waals surface area contributed by atoms with Gasteiger partial charge in [-0.1, -0.05) is 54.4 Å². The third kappa shape index (κ3) is 5.70. The lowest BCUT2D eigenvalue weighted by Gasteiger charge is -2.47. The molecule has 3 nitrogen and oxygen atoms in total. The van der Waals surface area contributed by atoms with Crippen LogP contribution in [0.3, 0.4) is 0 Å². The Morgan fingerprint density at radius 3 is 1.85 bits per heavy atom. The minimum atomic E-state index is -3.87. The fraction of sp³-hybridized carbons (Fsp3) is 1.00. The second-order valence-corrected chi connectivity index (χ2v) is 15.3. The fourth-order valence-electron chi connectivity index (χ4n) is 6.18. The Morgan fingerprint density at radius 2 is 1.30 bits per heavy atom. The highest BCUT2D eigenvalue weighted by molar-refractivity contribution is 7.86. The molecule has 3 fully saturated rings. The van der Waals surface area contributed by atoms with E-state index in [1.807, 2.05) is 0 Å². The van der Waals surface area contributed by atoms with Gasteiger partial charge in [0.25, 0.3) is 10.1 Å². The van der Waals surface area contributed by atoms with Crippen molar-refractivity contribution >= 4 is 18.0 Å². The third-order valence-corrected chi connectivity index (χ3v) is 13.1. The molecule has 3 aliphatic carbocycles. The van der Waals surface area contributed by atoms with E-state index in [0.717, 1.165) is 30.1 Å². The minimum absolute atomic E-state index is 0.119. The average Bonchev–Trinajstić information content (AvgIpc) is 2.62. The van der Waals surface area contributed by atoms with Crippen LogP contribution in [-0.4, -0.2) is 35.2 Å². The Balaban J connectivity index is 1.73. The van der Waals surface area contributed by atoms with Crippen LogP contribution in [0.4, 0.5) is 0 Å². The van der Waals surface area contributed by atoms with E-state index in [1.54, 1.807) is 0 Å². The summed E-state index contributed by atoms with van der Waals surface area (Å²) in [4.78, 5) is 0. The van der Waals surface area contributed by atoms with E-state index < -0.39 is 15.4 Å². The summed E-state index contributed by atoms with van der Waals surface area (Å²) >= 11 is 0. The summed E-state index contributed by atoms with van der Waals surface area (Å²) in [5.41, 5.74) is 2.68. The maximum absolute atomic E-state index is 11.8. The van der Waals surface area contributed by atoms with Gasteiger partial charge in [-0.2, -0.15) is 8.42 Å². The lowest BCUT2D eigenvalue weighted by atomic mass is 9.72. The van der Waals surface area contributed by atoms with Gasteiger partial charge in [-0.15, -0.1) is 0 Å². The van der Waals surface area contributed by atoms with E-state index in [0.29, 0.717) is 17.5 Å². The van der Waals surface area contributed by atoms with Gasteiger partial charge in [0.2, 0.25) is 0 Å². The van der Waals surface area contributed by atoms with Gasteiger partial charge in [0.05, 0.1) is 5.25 Å². The van der Waals surface area contributed by atoms with Crippen molar-refractivity contribution in [3.05, 3.63) is 0 Å². The molecule has 27 heavy (non-hydrogen) atoms. The van der Waals surface area contributed by atoms with Crippen LogP contribution >= 0.6 is 7.92 Å². The molecule has 5 heteroatoms. The topological polar surface area (TPSA) is 54.4 Å². The standard InChI is InChI=1S/C22H41O3PS/c1-22(2,3)17-12-14-19(15-13-17)26(18-8-5-4-6-9-18)20-10-7-11-21(16-20)27(23,24)25/h17-21H,4-16H2,1-3H3,(H,23,24,25). The molecule has 3 saturated carbocycles. The highest BCUT2D eigenvalue weighted by Gasteiger charge is 2.42. The minimum Gasteiger partial charge on any atom is -0.285 e. The molecule has 0 aromatic rings. The summed E-state index contributed by atoms with van der Waals surface area (Å²) in [5, 5.41) is -0.490. The first kappa shape index (κ1) is 22.0. The molecular weight excluding hydrogens is 375 g/mol. The maximum Gasteiger partial charge on any atom is 0.267 e. The molecule has 0 bridgehead atoms. The van der Waals surface area contributed by atoms with E-state index in [2.05, 4.69) is 20.8 Å². The predicted molar refractivity (Wildman–Crippen MR) is 117 cm³/mol. The fourth-order valence-corrected chi connectivity index (χ4v) is 11.9. The van der Waals surface area contributed by atoms with Gasteiger partial charge < -0.3 is 0 Å². The summed E-state index contributed by atoms with van der Waals surface area (Å²) in [5.74, 6) is 0.842. The molecule has 0 radical (unpaired) electrons. The maximum atomic E-state index is 11.8. The third-order valence-electron chi connectivity index (χ3n) is 7.78. The first-order chi connectivity index (χ1) is 12.7. The van der Waals surface area contributed by atoms with E-state index in [1.165, 1.54) is 64.2 Å². The Kier molecular flexibility index (Phi) is 7.35. The van der Waals surface area contributed by atoms with Crippen molar-refractivity contribution in [2.24, 2.45) is 11.3 Å². The van der Waals surface area contributed by atoms with E-state index in [9.17, 15) is 13.0 Å². The van der Waals surface area contributed by atoms with Crippen LogP contribution in [0.1, 0.15) is 104 Å². The van der Waals surface area contributed by atoms with E-state index >= 15 is 0 Å².